The molecule has 3 rings (SSSR count). The molecule has 5 N–H and O–H groups in total. The van der Waals surface area contributed by atoms with E-state index < -0.39 is 17.6 Å². The van der Waals surface area contributed by atoms with Crippen molar-refractivity contribution in [3.8, 4) is 5.75 Å². The molecule has 0 spiro atoms. The van der Waals surface area contributed by atoms with Crippen molar-refractivity contribution in [2.24, 2.45) is 5.73 Å². The fraction of sp³-hybridized carbons (Fsp3) is 0.158. The first-order valence-corrected chi connectivity index (χ1v) is 8.75. The number of primary amides is 1. The monoisotopic (exact) mass is 416 g/mol. The molecule has 3 aromatic rings. The quantitative estimate of drug-likeness (QED) is 0.440. The summed E-state index contributed by atoms with van der Waals surface area (Å²) in [5.74, 6) is 0.285. The first-order chi connectivity index (χ1) is 14.3. The zero-order valence-electron chi connectivity index (χ0n) is 15.8. The van der Waals surface area contributed by atoms with Gasteiger partial charge in [0.05, 0.1) is 35.3 Å². The Morgan fingerprint density at radius 2 is 1.90 bits per heavy atom. The molecule has 0 aromatic carbocycles. The molecule has 0 radical (unpaired) electrons. The summed E-state index contributed by atoms with van der Waals surface area (Å²) in [6.45, 7) is 2.26. The summed E-state index contributed by atoms with van der Waals surface area (Å²) in [5.41, 5.74) is 5.74. The first-order valence-electron chi connectivity index (χ1n) is 8.75. The summed E-state index contributed by atoms with van der Waals surface area (Å²) in [4.78, 5) is 23.7. The van der Waals surface area contributed by atoms with E-state index in [1.165, 1.54) is 24.5 Å². The molecule has 0 atom stereocenters. The number of nitrogens with two attached hydrogens (primary N) is 1. The number of pyridine rings is 3. The Balaban J connectivity index is 1.89. The van der Waals surface area contributed by atoms with E-state index in [1.54, 1.807) is 12.3 Å². The average molecular weight is 416 g/mol. The molecule has 3 aromatic heterocycles. The summed E-state index contributed by atoms with van der Waals surface area (Å²) < 4.78 is 31.3. The molecule has 0 aliphatic rings. The van der Waals surface area contributed by atoms with E-state index in [0.29, 0.717) is 23.7 Å². The van der Waals surface area contributed by atoms with Gasteiger partial charge in [-0.05, 0) is 19.1 Å². The van der Waals surface area contributed by atoms with E-state index in [2.05, 4.69) is 25.6 Å². The van der Waals surface area contributed by atoms with Crippen molar-refractivity contribution in [1.82, 2.24) is 15.0 Å². The second kappa shape index (κ2) is 8.66. The Morgan fingerprint density at radius 3 is 2.53 bits per heavy atom. The van der Waals surface area contributed by atoms with Gasteiger partial charge in [-0.3, -0.25) is 9.78 Å². The van der Waals surface area contributed by atoms with Gasteiger partial charge in [0.25, 0.3) is 5.91 Å². The van der Waals surface area contributed by atoms with Crippen LogP contribution in [0.3, 0.4) is 0 Å². The zero-order chi connectivity index (χ0) is 21.7. The van der Waals surface area contributed by atoms with Gasteiger partial charge in [-0.1, -0.05) is 0 Å². The predicted octanol–water partition coefficient (Wildman–Crippen LogP) is 2.90. The number of hydrogen-bond donors (Lipinski definition) is 4. The van der Waals surface area contributed by atoms with Crippen molar-refractivity contribution < 1.29 is 23.4 Å². The van der Waals surface area contributed by atoms with Crippen LogP contribution in [0.15, 0.2) is 49.1 Å². The van der Waals surface area contributed by atoms with E-state index in [1.807, 2.05) is 6.92 Å². The number of rotatable bonds is 8. The number of anilines is 4. The Kier molecular flexibility index (Phi) is 6.02. The summed E-state index contributed by atoms with van der Waals surface area (Å²) in [5, 5.41) is 14.6. The lowest BCUT2D eigenvalue weighted by Crippen LogP contribution is -2.14. The van der Waals surface area contributed by atoms with Crippen molar-refractivity contribution in [3.05, 3.63) is 60.2 Å². The summed E-state index contributed by atoms with van der Waals surface area (Å²) in [7, 11) is 0. The van der Waals surface area contributed by atoms with Gasteiger partial charge in [0, 0.05) is 30.7 Å². The third-order valence-electron chi connectivity index (χ3n) is 3.89. The van der Waals surface area contributed by atoms with Gasteiger partial charge in [0.1, 0.15) is 17.4 Å². The number of aliphatic hydroxyl groups is 1. The first kappa shape index (κ1) is 20.9. The average Bonchev–Trinajstić information content (AvgIpc) is 2.69. The Labute approximate surface area is 170 Å². The normalized spacial score (nSPS) is 11.1. The number of amides is 1. The molecule has 30 heavy (non-hydrogen) atoms. The number of ether oxygens (including phenoxy) is 1. The molecule has 0 saturated carbocycles. The number of carbonyl (C=O) groups excluding carboxylic acids is 1. The molecule has 11 heteroatoms. The molecular weight excluding hydrogens is 398 g/mol. The maximum atomic E-state index is 12.9. The fourth-order valence-electron chi connectivity index (χ4n) is 2.50. The maximum Gasteiger partial charge on any atom is 0.382 e. The molecule has 0 bridgehead atoms. The molecule has 0 saturated heterocycles. The Hall–Kier alpha value is -3.86. The number of halogens is 2. The molecule has 0 unspecified atom stereocenters. The third kappa shape index (κ3) is 4.94. The molecule has 0 aliphatic heterocycles. The number of nitrogens with one attached hydrogen (secondary N) is 2. The van der Waals surface area contributed by atoms with Gasteiger partial charge in [-0.2, -0.15) is 8.78 Å². The van der Waals surface area contributed by atoms with Crippen molar-refractivity contribution in [2.75, 3.05) is 17.2 Å². The van der Waals surface area contributed by atoms with Crippen LogP contribution in [0.2, 0.25) is 0 Å². The minimum Gasteiger partial charge on any atom is -0.492 e. The minimum absolute atomic E-state index is 0.120. The van der Waals surface area contributed by atoms with Crippen molar-refractivity contribution >= 4 is 28.9 Å². The molecule has 3 heterocycles. The second-order valence-corrected chi connectivity index (χ2v) is 6.01. The van der Waals surface area contributed by atoms with Crippen LogP contribution in [-0.2, 0) is 6.11 Å². The standard InChI is InChI=1S/C19H18F2N6O3/c1-2-30-15-5-6-23-10-14(15)26-13-7-17(25-9-12(13)18(22)28)27-16-4-3-11(8-24-16)19(20,21)29/h3-10,29H,2H2,1H3,(H2,22,28)(H2,24,25,26,27). The largest absolute Gasteiger partial charge is 0.492 e. The lowest BCUT2D eigenvalue weighted by Gasteiger charge is -2.15. The lowest BCUT2D eigenvalue weighted by atomic mass is 10.2. The molecule has 0 aliphatic carbocycles. The van der Waals surface area contributed by atoms with Crippen molar-refractivity contribution in [2.45, 2.75) is 13.0 Å². The second-order valence-electron chi connectivity index (χ2n) is 6.01. The summed E-state index contributed by atoms with van der Waals surface area (Å²) >= 11 is 0. The minimum atomic E-state index is -3.98. The smallest absolute Gasteiger partial charge is 0.382 e. The Bertz CT molecular complexity index is 1040. The summed E-state index contributed by atoms with van der Waals surface area (Å²) in [6.07, 6.45) is 1.21. The predicted molar refractivity (Wildman–Crippen MR) is 105 cm³/mol. The van der Waals surface area contributed by atoms with Crippen LogP contribution in [0, 0.1) is 0 Å². The molecule has 1 amide bonds. The van der Waals surface area contributed by atoms with E-state index in [4.69, 9.17) is 15.6 Å². The van der Waals surface area contributed by atoms with Crippen LogP contribution in [-0.4, -0.2) is 32.6 Å². The lowest BCUT2D eigenvalue weighted by molar-refractivity contribution is -0.208. The molecule has 0 fully saturated rings. The SMILES string of the molecule is CCOc1ccncc1Nc1cc(Nc2ccc(C(O)(F)F)cn2)ncc1C(N)=O. The molecular formula is C19H18F2N6O3. The van der Waals surface area contributed by atoms with E-state index in [-0.39, 0.29) is 17.2 Å². The fourth-order valence-corrected chi connectivity index (χ4v) is 2.50. The Morgan fingerprint density at radius 1 is 1.13 bits per heavy atom. The van der Waals surface area contributed by atoms with E-state index in [9.17, 15) is 13.6 Å². The van der Waals surface area contributed by atoms with Crippen LogP contribution in [0.4, 0.5) is 31.8 Å². The van der Waals surface area contributed by atoms with Crippen LogP contribution < -0.4 is 21.1 Å². The highest BCUT2D eigenvalue weighted by Gasteiger charge is 2.27. The van der Waals surface area contributed by atoms with Crippen LogP contribution in [0.1, 0.15) is 22.8 Å². The van der Waals surface area contributed by atoms with Gasteiger partial charge in [0.15, 0.2) is 0 Å². The number of alkyl halides is 2. The molecule has 156 valence electrons. The molecule has 9 nitrogen and oxygen atoms in total. The maximum absolute atomic E-state index is 12.9. The highest BCUT2D eigenvalue weighted by atomic mass is 19.3. The van der Waals surface area contributed by atoms with E-state index >= 15 is 0 Å². The number of hydrogen-bond acceptors (Lipinski definition) is 8. The van der Waals surface area contributed by atoms with Crippen LogP contribution >= 0.6 is 0 Å². The topological polar surface area (TPSA) is 135 Å². The van der Waals surface area contributed by atoms with E-state index in [0.717, 1.165) is 12.3 Å². The number of carbonyl (C=O) groups is 1. The van der Waals surface area contributed by atoms with Gasteiger partial charge in [-0.15, -0.1) is 0 Å². The van der Waals surface area contributed by atoms with Crippen LogP contribution in [0.25, 0.3) is 0 Å². The zero-order valence-corrected chi connectivity index (χ0v) is 15.8. The van der Waals surface area contributed by atoms with Gasteiger partial charge < -0.3 is 26.2 Å². The number of aromatic nitrogens is 3. The highest BCUT2D eigenvalue weighted by molar-refractivity contribution is 5.99. The van der Waals surface area contributed by atoms with Crippen molar-refractivity contribution in [3.63, 3.8) is 0 Å². The van der Waals surface area contributed by atoms with Crippen molar-refractivity contribution in [1.29, 1.82) is 0 Å². The van der Waals surface area contributed by atoms with Gasteiger partial charge in [-0.25, -0.2) is 9.97 Å². The third-order valence-corrected chi connectivity index (χ3v) is 3.89. The van der Waals surface area contributed by atoms with Gasteiger partial charge in [0.2, 0.25) is 0 Å². The van der Waals surface area contributed by atoms with Gasteiger partial charge >= 0.3 is 6.11 Å². The van der Waals surface area contributed by atoms with Crippen LogP contribution in [0.5, 0.6) is 5.75 Å². The number of nitrogens with zero attached hydrogens (tertiary/aromatic N) is 3. The highest BCUT2D eigenvalue weighted by Crippen LogP contribution is 2.30. The summed E-state index contributed by atoms with van der Waals surface area (Å²) in [6, 6.07) is 5.44.